The van der Waals surface area contributed by atoms with Gasteiger partial charge in [-0.05, 0) is 49.7 Å². The first-order valence-electron chi connectivity index (χ1n) is 12.5. The molecule has 0 amide bonds. The van der Waals surface area contributed by atoms with Crippen LogP contribution in [-0.2, 0) is 12.0 Å². The van der Waals surface area contributed by atoms with Crippen LogP contribution in [0.2, 0.25) is 5.02 Å². The number of nitrogens with zero attached hydrogens (tertiary/aromatic N) is 6. The van der Waals surface area contributed by atoms with Crippen LogP contribution in [0, 0.1) is 29.0 Å². The summed E-state index contributed by atoms with van der Waals surface area (Å²) in [6.45, 7) is 3.07. The predicted molar refractivity (Wildman–Crippen MR) is 136 cm³/mol. The maximum Gasteiger partial charge on any atom is 0.234 e. The van der Waals surface area contributed by atoms with Gasteiger partial charge in [-0.15, -0.1) is 0 Å². The van der Waals surface area contributed by atoms with E-state index in [1.165, 1.54) is 18.9 Å². The van der Waals surface area contributed by atoms with Crippen molar-refractivity contribution in [2.75, 3.05) is 0 Å². The van der Waals surface area contributed by atoms with E-state index in [4.69, 9.17) is 16.6 Å². The van der Waals surface area contributed by atoms with E-state index in [0.717, 1.165) is 49.5 Å². The smallest absolute Gasteiger partial charge is 0.234 e. The van der Waals surface area contributed by atoms with Gasteiger partial charge in [-0.2, -0.15) is 10.2 Å². The molecule has 4 aromatic rings. The van der Waals surface area contributed by atoms with Crippen molar-refractivity contribution in [3.8, 4) is 17.3 Å². The van der Waals surface area contributed by atoms with Gasteiger partial charge >= 0.3 is 0 Å². The molecular formula is C28H26ClFN6. The van der Waals surface area contributed by atoms with Crippen molar-refractivity contribution < 1.29 is 4.39 Å². The molecule has 182 valence electrons. The van der Waals surface area contributed by atoms with E-state index in [0.29, 0.717) is 33.4 Å². The predicted octanol–water partition coefficient (Wildman–Crippen LogP) is 6.46. The van der Waals surface area contributed by atoms with Gasteiger partial charge in [0, 0.05) is 30.1 Å². The van der Waals surface area contributed by atoms with Crippen LogP contribution in [0.3, 0.4) is 0 Å². The second kappa shape index (κ2) is 8.94. The normalized spacial score (nSPS) is 20.8. The van der Waals surface area contributed by atoms with Gasteiger partial charge in [0.1, 0.15) is 28.9 Å². The molecule has 1 aromatic carbocycles. The highest BCUT2D eigenvalue weighted by Gasteiger charge is 2.51. The average Bonchev–Trinajstić information content (AvgIpc) is 3.61. The van der Waals surface area contributed by atoms with Crippen molar-refractivity contribution in [3.05, 3.63) is 70.8 Å². The zero-order valence-electron chi connectivity index (χ0n) is 20.1. The SMILES string of the molecule is C[C@H]1CC[C@H](Cn2c(C3(c4ccccc4F)CC3)nc3nc(C#N)nc(-c4cncc(Cl)c4)c32)CC1. The van der Waals surface area contributed by atoms with E-state index in [1.54, 1.807) is 24.5 Å². The number of pyridine rings is 1. The Morgan fingerprint density at radius 1 is 1.11 bits per heavy atom. The number of fused-ring (bicyclic) bond motifs is 1. The zero-order valence-corrected chi connectivity index (χ0v) is 20.8. The molecule has 36 heavy (non-hydrogen) atoms. The van der Waals surface area contributed by atoms with Crippen LogP contribution in [0.25, 0.3) is 22.4 Å². The second-order valence-corrected chi connectivity index (χ2v) is 10.7. The van der Waals surface area contributed by atoms with Gasteiger partial charge in [0.2, 0.25) is 5.82 Å². The molecule has 0 bridgehead atoms. The van der Waals surface area contributed by atoms with Crippen molar-refractivity contribution in [3.63, 3.8) is 0 Å². The van der Waals surface area contributed by atoms with Crippen LogP contribution in [0.1, 0.15) is 62.7 Å². The van der Waals surface area contributed by atoms with Crippen LogP contribution < -0.4 is 0 Å². The first kappa shape index (κ1) is 23.1. The molecule has 0 radical (unpaired) electrons. The van der Waals surface area contributed by atoms with E-state index in [9.17, 15) is 5.26 Å². The topological polar surface area (TPSA) is 80.3 Å². The van der Waals surface area contributed by atoms with Crippen molar-refractivity contribution in [2.45, 2.75) is 57.4 Å². The number of benzene rings is 1. The number of aromatic nitrogens is 5. The Hall–Kier alpha value is -3.37. The minimum absolute atomic E-state index is 0.0379. The molecule has 0 spiro atoms. The molecule has 2 aliphatic carbocycles. The fraction of sp³-hybridized carbons (Fsp3) is 0.393. The lowest BCUT2D eigenvalue weighted by Gasteiger charge is -2.28. The number of rotatable bonds is 5. The molecule has 8 heteroatoms. The summed E-state index contributed by atoms with van der Waals surface area (Å²) in [5.74, 6) is 1.85. The molecule has 6 nitrogen and oxygen atoms in total. The molecule has 2 fully saturated rings. The van der Waals surface area contributed by atoms with Gasteiger partial charge in [-0.1, -0.05) is 49.6 Å². The second-order valence-electron chi connectivity index (χ2n) is 10.3. The van der Waals surface area contributed by atoms with Gasteiger partial charge in [0.15, 0.2) is 5.65 Å². The third kappa shape index (κ3) is 3.94. The minimum atomic E-state index is -0.509. The molecule has 2 saturated carbocycles. The van der Waals surface area contributed by atoms with Gasteiger partial charge < -0.3 is 4.57 Å². The van der Waals surface area contributed by atoms with Crippen LogP contribution >= 0.6 is 11.6 Å². The lowest BCUT2D eigenvalue weighted by molar-refractivity contribution is 0.264. The van der Waals surface area contributed by atoms with Crippen molar-refractivity contribution in [1.82, 2.24) is 24.5 Å². The van der Waals surface area contributed by atoms with E-state index in [1.807, 2.05) is 12.1 Å². The first-order chi connectivity index (χ1) is 17.5. The maximum absolute atomic E-state index is 15.1. The van der Waals surface area contributed by atoms with E-state index in [2.05, 4.69) is 32.5 Å². The molecule has 3 aromatic heterocycles. The van der Waals surface area contributed by atoms with Gasteiger partial charge in [0.25, 0.3) is 0 Å². The Morgan fingerprint density at radius 3 is 2.58 bits per heavy atom. The fourth-order valence-electron chi connectivity index (χ4n) is 5.73. The Balaban J connectivity index is 1.60. The molecule has 0 N–H and O–H groups in total. The number of nitriles is 1. The van der Waals surface area contributed by atoms with Crippen LogP contribution in [-0.4, -0.2) is 24.5 Å². The third-order valence-electron chi connectivity index (χ3n) is 7.82. The number of hydrogen-bond donors (Lipinski definition) is 0. The summed E-state index contributed by atoms with van der Waals surface area (Å²) < 4.78 is 17.3. The summed E-state index contributed by atoms with van der Waals surface area (Å²) in [5.41, 5.74) is 2.65. The summed E-state index contributed by atoms with van der Waals surface area (Å²) in [4.78, 5) is 18.3. The van der Waals surface area contributed by atoms with Crippen molar-refractivity contribution in [2.24, 2.45) is 11.8 Å². The molecule has 0 aliphatic heterocycles. The number of halogens is 2. The van der Waals surface area contributed by atoms with Crippen LogP contribution in [0.5, 0.6) is 0 Å². The van der Waals surface area contributed by atoms with Crippen molar-refractivity contribution >= 4 is 22.8 Å². The number of hydrogen-bond acceptors (Lipinski definition) is 5. The molecule has 2 aliphatic rings. The third-order valence-corrected chi connectivity index (χ3v) is 8.03. The summed E-state index contributed by atoms with van der Waals surface area (Å²) in [5, 5.41) is 10.2. The highest BCUT2D eigenvalue weighted by Crippen LogP contribution is 2.54. The Kier molecular flexibility index (Phi) is 5.72. The monoisotopic (exact) mass is 500 g/mol. The highest BCUT2D eigenvalue weighted by molar-refractivity contribution is 6.30. The van der Waals surface area contributed by atoms with Crippen molar-refractivity contribution in [1.29, 1.82) is 5.26 Å². The minimum Gasteiger partial charge on any atom is -0.324 e. The van der Waals surface area contributed by atoms with E-state index >= 15 is 4.39 Å². The molecular weight excluding hydrogens is 475 g/mol. The Morgan fingerprint density at radius 2 is 1.89 bits per heavy atom. The lowest BCUT2D eigenvalue weighted by Crippen LogP contribution is -2.23. The zero-order chi connectivity index (χ0) is 24.9. The van der Waals surface area contributed by atoms with Gasteiger partial charge in [0.05, 0.1) is 10.4 Å². The lowest BCUT2D eigenvalue weighted by atomic mass is 9.83. The molecule has 6 rings (SSSR count). The largest absolute Gasteiger partial charge is 0.324 e. The molecule has 0 atom stereocenters. The summed E-state index contributed by atoms with van der Waals surface area (Å²) >= 11 is 6.28. The Labute approximate surface area is 214 Å². The maximum atomic E-state index is 15.1. The summed E-state index contributed by atoms with van der Waals surface area (Å²) in [6.07, 6.45) is 9.56. The number of imidazole rings is 1. The fourth-order valence-corrected chi connectivity index (χ4v) is 5.90. The molecule has 3 heterocycles. The van der Waals surface area contributed by atoms with Crippen LogP contribution in [0.15, 0.2) is 42.7 Å². The first-order valence-corrected chi connectivity index (χ1v) is 12.9. The Bertz CT molecular complexity index is 1490. The van der Waals surface area contributed by atoms with E-state index < -0.39 is 5.41 Å². The summed E-state index contributed by atoms with van der Waals surface area (Å²) in [7, 11) is 0. The van der Waals surface area contributed by atoms with Gasteiger partial charge in [-0.3, -0.25) is 4.98 Å². The standard InChI is InChI=1S/C28H26ClFN6/c1-17-6-8-18(9-7-17)16-36-25-24(19-12-20(29)15-32-14-19)33-23(13-31)34-26(25)35-27(36)28(10-11-28)21-4-2-3-5-22(21)30/h2-5,12,14-15,17-18H,6-11,16H2,1H3/t17-,18-. The molecule has 0 saturated heterocycles. The molecule has 0 unspecified atom stereocenters. The summed E-state index contributed by atoms with van der Waals surface area (Å²) in [6, 6.07) is 10.8. The van der Waals surface area contributed by atoms with Crippen LogP contribution in [0.4, 0.5) is 4.39 Å². The van der Waals surface area contributed by atoms with E-state index in [-0.39, 0.29) is 11.6 Å². The quantitative estimate of drug-likeness (QED) is 0.314. The average molecular weight is 501 g/mol. The highest BCUT2D eigenvalue weighted by atomic mass is 35.5. The van der Waals surface area contributed by atoms with Gasteiger partial charge in [-0.25, -0.2) is 14.4 Å².